The summed E-state index contributed by atoms with van der Waals surface area (Å²) in [5.41, 5.74) is 2.90. The second kappa shape index (κ2) is 4.29. The maximum absolute atomic E-state index is 11.4. The summed E-state index contributed by atoms with van der Waals surface area (Å²) >= 11 is 0. The van der Waals surface area contributed by atoms with Crippen molar-refractivity contribution in [1.82, 2.24) is 5.32 Å². The van der Waals surface area contributed by atoms with Crippen LogP contribution in [-0.2, 0) is 16.6 Å². The molecule has 0 fully saturated rings. The van der Waals surface area contributed by atoms with Crippen LogP contribution in [-0.4, -0.2) is 22.0 Å². The van der Waals surface area contributed by atoms with Gasteiger partial charge < -0.3 is 5.32 Å². The van der Waals surface area contributed by atoms with Gasteiger partial charge in [0.2, 0.25) is 0 Å². The number of rotatable bonds is 3. The first kappa shape index (κ1) is 12.3. The van der Waals surface area contributed by atoms with Gasteiger partial charge in [0.15, 0.2) is 0 Å². The lowest BCUT2D eigenvalue weighted by atomic mass is 10.0. The fraction of sp³-hybridized carbons (Fsp3) is 0.455. The van der Waals surface area contributed by atoms with E-state index in [9.17, 15) is 8.42 Å². The minimum Gasteiger partial charge on any atom is -0.313 e. The predicted molar refractivity (Wildman–Crippen MR) is 68.1 cm³/mol. The molecule has 1 heterocycles. The van der Waals surface area contributed by atoms with E-state index < -0.39 is 10.2 Å². The molecule has 0 amide bonds. The quantitative estimate of drug-likeness (QED) is 0.827. The van der Waals surface area contributed by atoms with Crippen molar-refractivity contribution in [3.05, 3.63) is 29.3 Å². The van der Waals surface area contributed by atoms with E-state index in [1.165, 1.54) is 4.31 Å². The average molecular weight is 255 g/mol. The van der Waals surface area contributed by atoms with Gasteiger partial charge in [0.1, 0.15) is 0 Å². The molecule has 94 valence electrons. The van der Waals surface area contributed by atoms with Gasteiger partial charge in [-0.15, -0.1) is 0 Å². The topological polar surface area (TPSA) is 75.4 Å². The highest BCUT2D eigenvalue weighted by Crippen LogP contribution is 2.31. The highest BCUT2D eigenvalue weighted by molar-refractivity contribution is 7.90. The third-order valence-electron chi connectivity index (χ3n) is 3.20. The van der Waals surface area contributed by atoms with Crippen LogP contribution in [0.25, 0.3) is 0 Å². The Labute approximate surface area is 102 Å². The number of benzene rings is 1. The smallest absolute Gasteiger partial charge is 0.299 e. The number of hydrogen-bond acceptors (Lipinski definition) is 3. The minimum absolute atomic E-state index is 0.254. The summed E-state index contributed by atoms with van der Waals surface area (Å²) < 4.78 is 24.0. The number of nitrogens with two attached hydrogens (primary N) is 1. The van der Waals surface area contributed by atoms with E-state index in [-0.39, 0.29) is 6.04 Å². The molecule has 2 rings (SSSR count). The Balaban J connectivity index is 2.39. The zero-order valence-electron chi connectivity index (χ0n) is 9.97. The average Bonchev–Trinajstić information content (AvgIpc) is 2.70. The molecule has 0 bridgehead atoms. The number of anilines is 1. The molecule has 0 spiro atoms. The molecule has 0 saturated carbocycles. The van der Waals surface area contributed by atoms with Crippen molar-refractivity contribution >= 4 is 15.9 Å². The minimum atomic E-state index is -3.64. The fourth-order valence-corrected chi connectivity index (χ4v) is 2.89. The van der Waals surface area contributed by atoms with Gasteiger partial charge in [0, 0.05) is 12.6 Å². The molecule has 1 aromatic carbocycles. The summed E-state index contributed by atoms with van der Waals surface area (Å²) in [5.74, 6) is 0. The number of nitrogens with zero attached hydrogens (tertiary/aromatic N) is 1. The molecule has 0 aromatic heterocycles. The highest BCUT2D eigenvalue weighted by atomic mass is 32.2. The first-order valence-corrected chi connectivity index (χ1v) is 7.04. The Morgan fingerprint density at radius 1 is 1.47 bits per heavy atom. The lowest BCUT2D eigenvalue weighted by molar-refractivity contribution is 0.594. The van der Waals surface area contributed by atoms with Gasteiger partial charge in [-0.3, -0.25) is 4.31 Å². The second-order valence-corrected chi connectivity index (χ2v) is 5.74. The lowest BCUT2D eigenvalue weighted by Gasteiger charge is -2.17. The third-order valence-corrected chi connectivity index (χ3v) is 4.19. The van der Waals surface area contributed by atoms with Crippen LogP contribution in [0.3, 0.4) is 0 Å². The molecule has 17 heavy (non-hydrogen) atoms. The first-order chi connectivity index (χ1) is 7.93. The molecular weight excluding hydrogens is 238 g/mol. The van der Waals surface area contributed by atoms with Crippen molar-refractivity contribution < 1.29 is 8.42 Å². The van der Waals surface area contributed by atoms with Crippen molar-refractivity contribution in [2.24, 2.45) is 5.14 Å². The first-order valence-electron chi connectivity index (χ1n) is 5.54. The number of hydrogen-bond donors (Lipinski definition) is 2. The van der Waals surface area contributed by atoms with Crippen LogP contribution < -0.4 is 14.8 Å². The zero-order chi connectivity index (χ0) is 12.6. The number of fused-ring (bicyclic) bond motifs is 1. The molecule has 0 aliphatic carbocycles. The van der Waals surface area contributed by atoms with Gasteiger partial charge in [-0.1, -0.05) is 12.1 Å². The van der Waals surface area contributed by atoms with E-state index in [1.54, 1.807) is 0 Å². The Bertz CT molecular complexity index is 528. The van der Waals surface area contributed by atoms with E-state index in [4.69, 9.17) is 5.14 Å². The van der Waals surface area contributed by atoms with Crippen LogP contribution in [0, 0.1) is 0 Å². The summed E-state index contributed by atoms with van der Waals surface area (Å²) in [6, 6.07) is 6.06. The van der Waals surface area contributed by atoms with Crippen LogP contribution >= 0.6 is 0 Å². The maximum atomic E-state index is 11.4. The third kappa shape index (κ3) is 2.29. The van der Waals surface area contributed by atoms with Crippen molar-refractivity contribution in [2.45, 2.75) is 19.4 Å². The largest absolute Gasteiger partial charge is 0.313 e. The predicted octanol–water partition coefficient (Wildman–Crippen LogP) is 0.533. The molecule has 6 heteroatoms. The second-order valence-electron chi connectivity index (χ2n) is 4.27. The molecule has 1 aromatic rings. The van der Waals surface area contributed by atoms with E-state index in [0.717, 1.165) is 17.5 Å². The molecule has 1 unspecified atom stereocenters. The Morgan fingerprint density at radius 2 is 2.18 bits per heavy atom. The molecule has 5 nitrogen and oxygen atoms in total. The standard InChI is InChI=1S/C11H17N3O2S/c1-8(13-2)9-3-4-11-10(7-9)5-6-14(11)17(12,15)16/h3-4,7-8,13H,5-6H2,1-2H3,(H2,12,15,16). The van der Waals surface area contributed by atoms with Crippen LogP contribution in [0.2, 0.25) is 0 Å². The van der Waals surface area contributed by atoms with Crippen molar-refractivity contribution in [2.75, 3.05) is 17.9 Å². The summed E-state index contributed by atoms with van der Waals surface area (Å²) in [6.07, 6.45) is 0.718. The van der Waals surface area contributed by atoms with Crippen molar-refractivity contribution in [1.29, 1.82) is 0 Å². The Morgan fingerprint density at radius 3 is 2.76 bits per heavy atom. The Kier molecular flexibility index (Phi) is 3.11. The number of nitrogens with one attached hydrogen (secondary N) is 1. The highest BCUT2D eigenvalue weighted by Gasteiger charge is 2.26. The van der Waals surface area contributed by atoms with Crippen LogP contribution in [0.1, 0.15) is 24.1 Å². The summed E-state index contributed by atoms with van der Waals surface area (Å²) in [7, 11) is -1.74. The Hall–Kier alpha value is -1.11. The molecular formula is C11H17N3O2S. The van der Waals surface area contributed by atoms with Crippen LogP contribution in [0.5, 0.6) is 0 Å². The van der Waals surface area contributed by atoms with Crippen LogP contribution in [0.15, 0.2) is 18.2 Å². The van der Waals surface area contributed by atoms with Gasteiger partial charge in [-0.2, -0.15) is 8.42 Å². The molecule has 1 atom stereocenters. The zero-order valence-corrected chi connectivity index (χ0v) is 10.8. The summed E-state index contributed by atoms with van der Waals surface area (Å²) in [4.78, 5) is 0. The fourth-order valence-electron chi connectivity index (χ4n) is 2.09. The molecule has 3 N–H and O–H groups in total. The maximum Gasteiger partial charge on any atom is 0.299 e. The van der Waals surface area contributed by atoms with Crippen molar-refractivity contribution in [3.8, 4) is 0 Å². The van der Waals surface area contributed by atoms with E-state index in [1.807, 2.05) is 25.2 Å². The van der Waals surface area contributed by atoms with Gasteiger partial charge in [-0.25, -0.2) is 5.14 Å². The van der Waals surface area contributed by atoms with Gasteiger partial charge in [0.25, 0.3) is 10.2 Å². The molecule has 0 radical (unpaired) electrons. The van der Waals surface area contributed by atoms with Crippen LogP contribution in [0.4, 0.5) is 5.69 Å². The normalized spacial score (nSPS) is 17.0. The lowest BCUT2D eigenvalue weighted by Crippen LogP contribution is -2.35. The van der Waals surface area contributed by atoms with Crippen molar-refractivity contribution in [3.63, 3.8) is 0 Å². The monoisotopic (exact) mass is 255 g/mol. The van der Waals surface area contributed by atoms with E-state index in [2.05, 4.69) is 12.2 Å². The van der Waals surface area contributed by atoms with Gasteiger partial charge in [-0.05, 0) is 37.6 Å². The van der Waals surface area contributed by atoms with Gasteiger partial charge >= 0.3 is 0 Å². The summed E-state index contributed by atoms with van der Waals surface area (Å²) in [6.45, 7) is 2.50. The molecule has 0 saturated heterocycles. The van der Waals surface area contributed by atoms with E-state index in [0.29, 0.717) is 12.2 Å². The van der Waals surface area contributed by atoms with E-state index >= 15 is 0 Å². The SMILES string of the molecule is CNC(C)c1ccc2c(c1)CCN2S(N)(=O)=O. The molecule has 1 aliphatic heterocycles. The molecule has 1 aliphatic rings. The summed E-state index contributed by atoms with van der Waals surface area (Å²) in [5, 5.41) is 8.32. The van der Waals surface area contributed by atoms with Gasteiger partial charge in [0.05, 0.1) is 5.69 Å².